The van der Waals surface area contributed by atoms with Gasteiger partial charge in [-0.05, 0) is 42.0 Å². The van der Waals surface area contributed by atoms with Gasteiger partial charge in [0.25, 0.3) is 5.91 Å². The van der Waals surface area contributed by atoms with Crippen LogP contribution in [0.25, 0.3) is 11.3 Å². The normalized spacial score (nSPS) is 10.6. The summed E-state index contributed by atoms with van der Waals surface area (Å²) in [6.45, 7) is 0.101. The molecule has 0 aliphatic heterocycles. The Morgan fingerprint density at radius 3 is 2.38 bits per heavy atom. The monoisotopic (exact) mass is 439 g/mol. The van der Waals surface area contributed by atoms with Gasteiger partial charge in [-0.25, -0.2) is 9.37 Å². The number of aromatic nitrogens is 1. The van der Waals surface area contributed by atoms with Crippen LogP contribution in [0.15, 0.2) is 59.1 Å². The minimum Gasteiger partial charge on any atom is -0.456 e. The molecule has 0 atom stereocenters. The van der Waals surface area contributed by atoms with Gasteiger partial charge < -0.3 is 19.0 Å². The Morgan fingerprint density at radius 1 is 1.03 bits per heavy atom. The summed E-state index contributed by atoms with van der Waals surface area (Å²) < 4.78 is 23.7. The van der Waals surface area contributed by atoms with Crippen LogP contribution in [0.2, 0.25) is 0 Å². The summed E-state index contributed by atoms with van der Waals surface area (Å²) in [5.74, 6) is -0.276. The summed E-state index contributed by atoms with van der Waals surface area (Å²) in [6, 6.07) is 13.7. The minimum atomic E-state index is -0.511. The van der Waals surface area contributed by atoms with Gasteiger partial charge in [-0.15, -0.1) is 0 Å². The van der Waals surface area contributed by atoms with Crippen LogP contribution in [0.3, 0.4) is 0 Å². The van der Waals surface area contributed by atoms with Gasteiger partial charge >= 0.3 is 5.97 Å². The molecule has 0 fully saturated rings. The quantitative estimate of drug-likeness (QED) is 0.474. The Kier molecular flexibility index (Phi) is 7.59. The molecule has 32 heavy (non-hydrogen) atoms. The molecule has 0 N–H and O–H groups in total. The van der Waals surface area contributed by atoms with Crippen LogP contribution in [0.1, 0.15) is 17.9 Å². The van der Waals surface area contributed by atoms with E-state index in [0.29, 0.717) is 23.8 Å². The summed E-state index contributed by atoms with van der Waals surface area (Å²) in [6.07, 6.45) is 1.80. The Morgan fingerprint density at radius 2 is 1.72 bits per heavy atom. The number of oxazole rings is 1. The standard InChI is InChI=1S/C24H26FN3O4/c1-27(2)20-10-4-17(5-11-20)15-28(3)23(29)16-31-24(30)13-12-22-26-14-21(32-22)18-6-8-19(25)9-7-18/h4-11,14H,12-13,15-16H2,1-3H3. The molecule has 1 heterocycles. The first kappa shape index (κ1) is 23.0. The van der Waals surface area contributed by atoms with E-state index in [-0.39, 0.29) is 31.2 Å². The smallest absolute Gasteiger partial charge is 0.306 e. The van der Waals surface area contributed by atoms with E-state index in [9.17, 15) is 14.0 Å². The summed E-state index contributed by atoms with van der Waals surface area (Å²) in [4.78, 5) is 31.9. The molecule has 8 heteroatoms. The van der Waals surface area contributed by atoms with E-state index >= 15 is 0 Å². The maximum absolute atomic E-state index is 13.0. The van der Waals surface area contributed by atoms with E-state index in [1.54, 1.807) is 19.2 Å². The van der Waals surface area contributed by atoms with Crippen molar-refractivity contribution in [2.75, 3.05) is 32.6 Å². The van der Waals surface area contributed by atoms with Crippen molar-refractivity contribution < 1.29 is 23.1 Å². The van der Waals surface area contributed by atoms with Crippen LogP contribution in [-0.2, 0) is 27.3 Å². The molecular weight excluding hydrogens is 413 g/mol. The topological polar surface area (TPSA) is 75.9 Å². The number of hydrogen-bond donors (Lipinski definition) is 0. The number of carbonyl (C=O) groups excluding carboxylic acids is 2. The lowest BCUT2D eigenvalue weighted by atomic mass is 10.2. The van der Waals surface area contributed by atoms with Gasteiger partial charge in [0.1, 0.15) is 5.82 Å². The van der Waals surface area contributed by atoms with Gasteiger partial charge in [0, 0.05) is 45.4 Å². The Bertz CT molecular complexity index is 1050. The van der Waals surface area contributed by atoms with E-state index in [1.165, 1.54) is 23.2 Å². The third-order valence-corrected chi connectivity index (χ3v) is 4.88. The number of esters is 1. The van der Waals surface area contributed by atoms with Crippen molar-refractivity contribution in [1.29, 1.82) is 0 Å². The van der Waals surface area contributed by atoms with E-state index in [4.69, 9.17) is 9.15 Å². The van der Waals surface area contributed by atoms with Gasteiger partial charge in [0.2, 0.25) is 0 Å². The van der Waals surface area contributed by atoms with Gasteiger partial charge in [-0.3, -0.25) is 9.59 Å². The fourth-order valence-electron chi connectivity index (χ4n) is 2.97. The zero-order chi connectivity index (χ0) is 23.1. The van der Waals surface area contributed by atoms with Crippen molar-refractivity contribution in [2.24, 2.45) is 0 Å². The van der Waals surface area contributed by atoms with Crippen LogP contribution in [0, 0.1) is 5.82 Å². The number of hydrogen-bond acceptors (Lipinski definition) is 6. The summed E-state index contributed by atoms with van der Waals surface area (Å²) in [5, 5.41) is 0. The number of nitrogens with zero attached hydrogens (tertiary/aromatic N) is 3. The highest BCUT2D eigenvalue weighted by Gasteiger charge is 2.14. The highest BCUT2D eigenvalue weighted by Crippen LogP contribution is 2.21. The number of benzene rings is 2. The molecule has 0 aliphatic carbocycles. The number of halogens is 1. The highest BCUT2D eigenvalue weighted by molar-refractivity contribution is 5.80. The fourth-order valence-corrected chi connectivity index (χ4v) is 2.97. The number of aryl methyl sites for hydroxylation is 1. The Labute approximate surface area is 186 Å². The average molecular weight is 439 g/mol. The average Bonchev–Trinajstić information content (AvgIpc) is 3.26. The van der Waals surface area contributed by atoms with Crippen LogP contribution < -0.4 is 4.90 Å². The lowest BCUT2D eigenvalue weighted by Gasteiger charge is -2.18. The Balaban J connectivity index is 1.41. The predicted molar refractivity (Wildman–Crippen MR) is 118 cm³/mol. The third-order valence-electron chi connectivity index (χ3n) is 4.88. The van der Waals surface area contributed by atoms with Crippen molar-refractivity contribution in [1.82, 2.24) is 9.88 Å². The van der Waals surface area contributed by atoms with Crippen LogP contribution in [0.5, 0.6) is 0 Å². The van der Waals surface area contributed by atoms with Crippen molar-refractivity contribution in [3.63, 3.8) is 0 Å². The first-order valence-corrected chi connectivity index (χ1v) is 10.2. The number of likely N-dealkylation sites (N-methyl/N-ethyl adjacent to an activating group) is 1. The molecule has 3 aromatic rings. The molecule has 1 amide bonds. The van der Waals surface area contributed by atoms with Crippen molar-refractivity contribution >= 4 is 17.6 Å². The van der Waals surface area contributed by atoms with Crippen LogP contribution in [0.4, 0.5) is 10.1 Å². The van der Waals surface area contributed by atoms with Gasteiger partial charge in [-0.2, -0.15) is 0 Å². The van der Waals surface area contributed by atoms with Gasteiger partial charge in [-0.1, -0.05) is 12.1 Å². The molecule has 2 aromatic carbocycles. The van der Waals surface area contributed by atoms with Crippen molar-refractivity contribution in [3.05, 3.63) is 72.0 Å². The number of rotatable bonds is 9. The number of carbonyl (C=O) groups is 2. The second kappa shape index (κ2) is 10.6. The first-order chi connectivity index (χ1) is 15.3. The Hall–Kier alpha value is -3.68. The largest absolute Gasteiger partial charge is 0.456 e. The fraction of sp³-hybridized carbons (Fsp3) is 0.292. The number of ether oxygens (including phenoxy) is 1. The maximum Gasteiger partial charge on any atom is 0.306 e. The van der Waals surface area contributed by atoms with Crippen LogP contribution in [-0.4, -0.2) is 49.5 Å². The molecule has 0 spiro atoms. The zero-order valence-electron chi connectivity index (χ0n) is 18.4. The lowest BCUT2D eigenvalue weighted by molar-refractivity contribution is -0.151. The molecule has 0 unspecified atom stereocenters. The number of amides is 1. The molecular formula is C24H26FN3O4. The van der Waals surface area contributed by atoms with Crippen molar-refractivity contribution in [3.8, 4) is 11.3 Å². The molecule has 0 aliphatic rings. The highest BCUT2D eigenvalue weighted by atomic mass is 19.1. The van der Waals surface area contributed by atoms with E-state index in [1.807, 2.05) is 43.3 Å². The minimum absolute atomic E-state index is 0.0341. The maximum atomic E-state index is 13.0. The predicted octanol–water partition coefficient (Wildman–Crippen LogP) is 3.68. The molecule has 3 rings (SSSR count). The molecule has 168 valence electrons. The lowest BCUT2D eigenvalue weighted by Crippen LogP contribution is -2.30. The molecule has 7 nitrogen and oxygen atoms in total. The molecule has 1 aromatic heterocycles. The summed E-state index contributed by atoms with van der Waals surface area (Å²) in [7, 11) is 5.59. The van der Waals surface area contributed by atoms with Gasteiger partial charge in [0.05, 0.1) is 12.6 Å². The van der Waals surface area contributed by atoms with E-state index in [0.717, 1.165) is 11.3 Å². The third kappa shape index (κ3) is 6.41. The van der Waals surface area contributed by atoms with E-state index < -0.39 is 5.97 Å². The molecule has 0 saturated heterocycles. The molecule has 0 saturated carbocycles. The van der Waals surface area contributed by atoms with Crippen LogP contribution >= 0.6 is 0 Å². The second-order valence-electron chi connectivity index (χ2n) is 7.60. The first-order valence-electron chi connectivity index (χ1n) is 10.2. The molecule has 0 radical (unpaired) electrons. The zero-order valence-corrected chi connectivity index (χ0v) is 18.4. The van der Waals surface area contributed by atoms with Gasteiger partial charge in [0.15, 0.2) is 18.3 Å². The second-order valence-corrected chi connectivity index (χ2v) is 7.60. The summed E-state index contributed by atoms with van der Waals surface area (Å²) >= 11 is 0. The number of anilines is 1. The molecule has 0 bridgehead atoms. The SMILES string of the molecule is CN(Cc1ccc(N(C)C)cc1)C(=O)COC(=O)CCc1ncc(-c2ccc(F)cc2)o1. The van der Waals surface area contributed by atoms with Crippen molar-refractivity contribution in [2.45, 2.75) is 19.4 Å². The summed E-state index contributed by atoms with van der Waals surface area (Å²) in [5.41, 5.74) is 2.75. The van der Waals surface area contributed by atoms with E-state index in [2.05, 4.69) is 4.98 Å².